The molecule has 0 amide bonds. The smallest absolute Gasteiger partial charge is 0.347 e. The van der Waals surface area contributed by atoms with Gasteiger partial charge in [0.1, 0.15) is 0 Å². The van der Waals surface area contributed by atoms with Crippen molar-refractivity contribution < 1.29 is 28.7 Å². The molecule has 0 aliphatic carbocycles. The van der Waals surface area contributed by atoms with Crippen LogP contribution in [0, 0.1) is 0 Å². The summed E-state index contributed by atoms with van der Waals surface area (Å²) >= 11 is -2.58. The van der Waals surface area contributed by atoms with E-state index in [1.165, 1.54) is 0 Å². The van der Waals surface area contributed by atoms with Crippen LogP contribution < -0.4 is 0 Å². The second kappa shape index (κ2) is 2.98. The van der Waals surface area contributed by atoms with Crippen molar-refractivity contribution in [2.75, 3.05) is 0 Å². The van der Waals surface area contributed by atoms with E-state index in [0.717, 1.165) is 0 Å². The summed E-state index contributed by atoms with van der Waals surface area (Å²) in [4.78, 5) is 32.1. The van der Waals surface area contributed by atoms with Crippen molar-refractivity contribution in [1.29, 1.82) is 0 Å². The Morgan fingerprint density at radius 3 is 1.11 bits per heavy atom. The fraction of sp³-hybridized carbons (Fsp3) is 0. The molecular weight excluding hydrogens is 182 g/mol. The van der Waals surface area contributed by atoms with Gasteiger partial charge in [-0.05, 0) is 0 Å². The van der Waals surface area contributed by atoms with Crippen LogP contribution in [0.5, 0.6) is 0 Å². The molecule has 6 nitrogen and oxygen atoms in total. The Hall–Kier alpha value is 1.07. The molecule has 0 aliphatic rings. The maximum atomic E-state index is 9.91. The van der Waals surface area contributed by atoms with Crippen LogP contribution >= 0.6 is 10.8 Å². The molecule has 0 spiro atoms. The average molecular weight is 186 g/mol. The molecule has 0 bridgehead atoms. The van der Waals surface area contributed by atoms with Crippen molar-refractivity contribution >= 4 is 30.1 Å². The molecule has 9 heteroatoms. The van der Waals surface area contributed by atoms with Gasteiger partial charge >= 0.3 is 19.3 Å². The molecule has 4 N–H and O–H groups in total. The van der Waals surface area contributed by atoms with E-state index in [9.17, 15) is 9.13 Å². The Bertz CT molecular complexity index is 151. The Morgan fingerprint density at radius 1 is 0.889 bits per heavy atom. The Morgan fingerprint density at radius 2 is 1.11 bits per heavy atom. The van der Waals surface area contributed by atoms with Gasteiger partial charge in [0.15, 0.2) is 10.8 Å². The fourth-order valence-corrected chi connectivity index (χ4v) is 6.48. The summed E-state index contributed by atoms with van der Waals surface area (Å²) in [7, 11) is 0. The zero-order chi connectivity index (χ0) is 7.71. The van der Waals surface area contributed by atoms with Crippen molar-refractivity contribution in [1.82, 2.24) is 0 Å². The van der Waals surface area contributed by atoms with Gasteiger partial charge < -0.3 is 19.6 Å². The summed E-state index contributed by atoms with van der Waals surface area (Å²) in [6.07, 6.45) is 0. The zero-order valence-electron chi connectivity index (χ0n) is 4.21. The summed E-state index contributed by atoms with van der Waals surface area (Å²) in [5, 5.41) is -8.82. The highest BCUT2D eigenvalue weighted by molar-refractivity contribution is 8.11. The highest BCUT2D eigenvalue weighted by Crippen LogP contribution is 2.48. The van der Waals surface area contributed by atoms with E-state index in [4.69, 9.17) is 19.6 Å². The lowest BCUT2D eigenvalue weighted by Crippen LogP contribution is -1.93. The Balaban J connectivity index is 4.07. The maximum Gasteiger partial charge on any atom is 0.730 e. The first kappa shape index (κ1) is 10.1. The van der Waals surface area contributed by atoms with Gasteiger partial charge in [0.05, 0.1) is 0 Å². The van der Waals surface area contributed by atoms with Gasteiger partial charge in [-0.1, -0.05) is 0 Å². The molecule has 0 aromatic heterocycles. The summed E-state index contributed by atoms with van der Waals surface area (Å²) in [5.41, 5.74) is 0. The first-order valence-corrected chi connectivity index (χ1v) is 9.19. The van der Waals surface area contributed by atoms with Crippen molar-refractivity contribution in [3.05, 3.63) is 0 Å². The average Bonchev–Trinajstić information content (AvgIpc) is 1.14. The molecular formula is H4MgO6P2. The second-order valence-electron chi connectivity index (χ2n) is 1.47. The minimum absolute atomic E-state index is 2.58. The lowest BCUT2D eigenvalue weighted by atomic mass is 15.8. The Labute approximate surface area is 59.1 Å². The standard InChI is InChI=1S/Mg.2HO3P/c;2*1-4(2)3/h;2*(H-,1,2,3)/q-2;;/p+2. The maximum absolute atomic E-state index is 9.91. The highest BCUT2D eigenvalue weighted by Gasteiger charge is 2.36. The molecule has 0 aromatic rings. The highest BCUT2D eigenvalue weighted by atomic mass is 31.4. The van der Waals surface area contributed by atoms with Crippen LogP contribution in [0.1, 0.15) is 0 Å². The molecule has 0 aromatic carbocycles. The van der Waals surface area contributed by atoms with Gasteiger partial charge in [0, 0.05) is 0 Å². The number of hydrogen-bond donors (Lipinski definition) is 4. The van der Waals surface area contributed by atoms with Crippen LogP contribution in [-0.4, -0.2) is 38.9 Å². The summed E-state index contributed by atoms with van der Waals surface area (Å²) < 4.78 is 19.8. The summed E-state index contributed by atoms with van der Waals surface area (Å²) in [6, 6.07) is 0. The third kappa shape index (κ3) is 9.07. The molecule has 0 heterocycles. The molecule has 0 saturated carbocycles. The minimum atomic E-state index is -4.41. The van der Waals surface area contributed by atoms with E-state index in [0.29, 0.717) is 0 Å². The molecule has 0 aliphatic heterocycles. The third-order valence-corrected chi connectivity index (χ3v) is 9.95. The normalized spacial score (nSPS) is 12.9. The molecule has 0 atom stereocenters. The molecule has 0 unspecified atom stereocenters. The van der Waals surface area contributed by atoms with Crippen molar-refractivity contribution in [2.24, 2.45) is 0 Å². The van der Waals surface area contributed by atoms with E-state index in [2.05, 4.69) is 0 Å². The largest absolute Gasteiger partial charge is 0.730 e. The summed E-state index contributed by atoms with van der Waals surface area (Å²) in [5.74, 6) is 0. The lowest BCUT2D eigenvalue weighted by Gasteiger charge is -2.02. The van der Waals surface area contributed by atoms with Crippen molar-refractivity contribution in [3.8, 4) is 0 Å². The van der Waals surface area contributed by atoms with Gasteiger partial charge in [-0.2, -0.15) is 0 Å². The zero-order valence-corrected chi connectivity index (χ0v) is 7.41. The predicted octanol–water partition coefficient (Wildman–Crippen LogP) is -1.12. The molecule has 9 heavy (non-hydrogen) atoms. The molecule has 0 saturated heterocycles. The van der Waals surface area contributed by atoms with E-state index >= 15 is 0 Å². The fourth-order valence-electron chi connectivity index (χ4n) is 0.240. The van der Waals surface area contributed by atoms with Crippen LogP contribution in [0.4, 0.5) is 0 Å². The number of hydrogen-bond acceptors (Lipinski definition) is 2. The molecule has 0 radical (unpaired) electrons. The van der Waals surface area contributed by atoms with Crippen LogP contribution in [0.2, 0.25) is 0 Å². The van der Waals surface area contributed by atoms with Gasteiger partial charge in [0.2, 0.25) is 0 Å². The minimum Gasteiger partial charge on any atom is -0.347 e. The molecule has 52 valence electrons. The Kier molecular flexibility index (Phi) is 3.33. The summed E-state index contributed by atoms with van der Waals surface area (Å²) in [6.45, 7) is 0. The predicted molar refractivity (Wildman–Crippen MR) is 29.8 cm³/mol. The lowest BCUT2D eigenvalue weighted by molar-refractivity contribution is 0.386. The first-order valence-electron chi connectivity index (χ1n) is 1.80. The van der Waals surface area contributed by atoms with Gasteiger partial charge in [-0.15, -0.1) is 0 Å². The topological polar surface area (TPSA) is 115 Å². The van der Waals surface area contributed by atoms with Crippen molar-refractivity contribution in [3.63, 3.8) is 0 Å². The van der Waals surface area contributed by atoms with Crippen LogP contribution in [0.15, 0.2) is 0 Å². The number of rotatable bonds is 2. The molecule has 0 rings (SSSR count). The van der Waals surface area contributed by atoms with Gasteiger partial charge in [-0.3, -0.25) is 9.13 Å². The SMILES string of the molecule is O=[P](O)(O)[Mg][P](=O)(O)O. The molecule has 0 fully saturated rings. The monoisotopic (exact) mass is 186 g/mol. The quantitative estimate of drug-likeness (QED) is 0.320. The third-order valence-electron chi connectivity index (χ3n) is 0.368. The van der Waals surface area contributed by atoms with Crippen LogP contribution in [0.25, 0.3) is 0 Å². The van der Waals surface area contributed by atoms with Gasteiger partial charge in [-0.25, -0.2) is 0 Å². The van der Waals surface area contributed by atoms with E-state index in [1.807, 2.05) is 0 Å². The van der Waals surface area contributed by atoms with Crippen LogP contribution in [-0.2, 0) is 9.13 Å². The van der Waals surface area contributed by atoms with Crippen molar-refractivity contribution in [2.45, 2.75) is 0 Å². The van der Waals surface area contributed by atoms with E-state index in [1.54, 1.807) is 0 Å². The van der Waals surface area contributed by atoms with E-state index < -0.39 is 30.1 Å². The second-order valence-corrected chi connectivity index (χ2v) is 12.7. The van der Waals surface area contributed by atoms with E-state index in [-0.39, 0.29) is 0 Å². The van der Waals surface area contributed by atoms with Gasteiger partial charge in [0.25, 0.3) is 0 Å². The van der Waals surface area contributed by atoms with Crippen LogP contribution in [0.3, 0.4) is 0 Å². The first-order chi connectivity index (χ1) is 3.71.